The summed E-state index contributed by atoms with van der Waals surface area (Å²) in [6, 6.07) is 9.89. The molecule has 3 aromatic rings. The van der Waals surface area contributed by atoms with E-state index in [0.717, 1.165) is 12.2 Å². The van der Waals surface area contributed by atoms with Crippen LogP contribution in [0.25, 0.3) is 0 Å². The molecule has 2 aromatic heterocycles. The fourth-order valence-electron chi connectivity index (χ4n) is 3.88. The molecule has 2 atom stereocenters. The maximum absolute atomic E-state index is 13.2. The molecule has 3 N–H and O–H groups in total. The molecule has 0 unspecified atom stereocenters. The van der Waals surface area contributed by atoms with Crippen LogP contribution in [0.5, 0.6) is 0 Å². The number of benzene rings is 1. The number of nitrogens with zero attached hydrogens (tertiary/aromatic N) is 6. The lowest BCUT2D eigenvalue weighted by molar-refractivity contribution is 0.100. The van der Waals surface area contributed by atoms with Crippen LogP contribution in [0.2, 0.25) is 0 Å². The number of piperidine rings is 1. The average Bonchev–Trinajstić information content (AvgIpc) is 3.36. The first-order valence-corrected chi connectivity index (χ1v) is 9.95. The van der Waals surface area contributed by atoms with Gasteiger partial charge in [0.25, 0.3) is 5.91 Å². The van der Waals surface area contributed by atoms with Crippen molar-refractivity contribution in [3.05, 3.63) is 59.8 Å². The Labute approximate surface area is 178 Å². The summed E-state index contributed by atoms with van der Waals surface area (Å²) in [6.45, 7) is 2.07. The minimum Gasteiger partial charge on any atom is -0.365 e. The quantitative estimate of drug-likeness (QED) is 0.629. The summed E-state index contributed by atoms with van der Waals surface area (Å²) in [4.78, 5) is 14.2. The van der Waals surface area contributed by atoms with Crippen molar-refractivity contribution in [1.82, 2.24) is 24.5 Å². The largest absolute Gasteiger partial charge is 0.365 e. The van der Waals surface area contributed by atoms with Crippen LogP contribution in [-0.2, 0) is 13.6 Å². The molecular formula is C21H23FN8O. The lowest BCUT2D eigenvalue weighted by atomic mass is 9.93. The number of nitrogens with two attached hydrogens (primary N) is 1. The number of nitrogens with one attached hydrogen (secondary N) is 1. The van der Waals surface area contributed by atoms with E-state index < -0.39 is 5.91 Å². The highest BCUT2D eigenvalue weighted by atomic mass is 19.1. The number of aryl methyl sites for hydroxylation is 1. The van der Waals surface area contributed by atoms with Crippen LogP contribution in [0.4, 0.5) is 15.9 Å². The Morgan fingerprint density at radius 1 is 1.35 bits per heavy atom. The molecule has 31 heavy (non-hydrogen) atoms. The van der Waals surface area contributed by atoms with E-state index in [9.17, 15) is 14.4 Å². The van der Waals surface area contributed by atoms with Crippen molar-refractivity contribution in [3.8, 4) is 6.07 Å². The summed E-state index contributed by atoms with van der Waals surface area (Å²) in [5.74, 6) is -1.01. The minimum absolute atomic E-state index is 0.186. The van der Waals surface area contributed by atoms with Crippen LogP contribution in [-0.4, -0.2) is 43.5 Å². The number of carbonyl (C=O) groups is 1. The molecule has 0 saturated carbocycles. The average molecular weight is 422 g/mol. The number of hydrogen-bond acceptors (Lipinski definition) is 6. The van der Waals surface area contributed by atoms with Crippen molar-refractivity contribution in [1.29, 1.82) is 5.26 Å². The number of halogens is 1. The van der Waals surface area contributed by atoms with Crippen molar-refractivity contribution in [2.24, 2.45) is 18.7 Å². The molecule has 10 heteroatoms. The van der Waals surface area contributed by atoms with Crippen molar-refractivity contribution in [2.75, 3.05) is 18.4 Å². The molecule has 0 spiro atoms. The molecule has 1 aliphatic rings. The number of aromatic nitrogens is 4. The first-order chi connectivity index (χ1) is 14.9. The second-order valence-electron chi connectivity index (χ2n) is 7.64. The van der Waals surface area contributed by atoms with Gasteiger partial charge in [-0.3, -0.25) is 19.1 Å². The Morgan fingerprint density at radius 2 is 2.13 bits per heavy atom. The number of amides is 1. The van der Waals surface area contributed by atoms with Crippen LogP contribution >= 0.6 is 0 Å². The molecule has 3 heterocycles. The highest BCUT2D eigenvalue weighted by Gasteiger charge is 2.32. The first-order valence-electron chi connectivity index (χ1n) is 9.95. The van der Waals surface area contributed by atoms with Crippen LogP contribution in [0.1, 0.15) is 28.5 Å². The molecule has 1 saturated heterocycles. The fraction of sp³-hybridized carbons (Fsp3) is 0.333. The van der Waals surface area contributed by atoms with Crippen molar-refractivity contribution in [3.63, 3.8) is 0 Å². The van der Waals surface area contributed by atoms with Gasteiger partial charge in [-0.15, -0.1) is 0 Å². The van der Waals surface area contributed by atoms with E-state index >= 15 is 0 Å². The van der Waals surface area contributed by atoms with E-state index in [1.807, 2.05) is 17.8 Å². The van der Waals surface area contributed by atoms with Gasteiger partial charge in [0, 0.05) is 44.8 Å². The molecule has 0 bridgehead atoms. The lowest BCUT2D eigenvalue weighted by Crippen LogP contribution is -2.41. The van der Waals surface area contributed by atoms with Crippen LogP contribution in [0.3, 0.4) is 0 Å². The molecular weight excluding hydrogens is 399 g/mol. The van der Waals surface area contributed by atoms with Gasteiger partial charge in [-0.1, -0.05) is 0 Å². The van der Waals surface area contributed by atoms with E-state index in [0.29, 0.717) is 25.2 Å². The lowest BCUT2D eigenvalue weighted by Gasteiger charge is -2.35. The number of rotatable bonds is 6. The van der Waals surface area contributed by atoms with Gasteiger partial charge < -0.3 is 11.1 Å². The van der Waals surface area contributed by atoms with E-state index in [4.69, 9.17) is 5.73 Å². The van der Waals surface area contributed by atoms with Crippen LogP contribution < -0.4 is 11.1 Å². The second kappa shape index (κ2) is 8.57. The van der Waals surface area contributed by atoms with E-state index in [1.165, 1.54) is 12.1 Å². The van der Waals surface area contributed by atoms with Gasteiger partial charge in [0.05, 0.1) is 23.7 Å². The Kier molecular flexibility index (Phi) is 5.68. The maximum atomic E-state index is 13.2. The summed E-state index contributed by atoms with van der Waals surface area (Å²) in [5, 5.41) is 21.5. The van der Waals surface area contributed by atoms with Gasteiger partial charge in [0.1, 0.15) is 11.4 Å². The van der Waals surface area contributed by atoms with Crippen LogP contribution in [0.15, 0.2) is 42.7 Å². The van der Waals surface area contributed by atoms with Crippen LogP contribution in [0, 0.1) is 23.1 Å². The normalized spacial score (nSPS) is 19.1. The number of likely N-dealkylation sites (tertiary alicyclic amines) is 1. The van der Waals surface area contributed by atoms with Gasteiger partial charge in [0.15, 0.2) is 5.82 Å². The molecule has 9 nitrogen and oxygen atoms in total. The van der Waals surface area contributed by atoms with Gasteiger partial charge in [0.2, 0.25) is 0 Å². The topological polar surface area (TPSA) is 118 Å². The summed E-state index contributed by atoms with van der Waals surface area (Å²) < 4.78 is 16.7. The number of nitriles is 1. The van der Waals surface area contributed by atoms with Gasteiger partial charge >= 0.3 is 0 Å². The summed E-state index contributed by atoms with van der Waals surface area (Å²) >= 11 is 0. The first kappa shape index (κ1) is 20.6. The van der Waals surface area contributed by atoms with E-state index in [2.05, 4.69) is 26.5 Å². The highest BCUT2D eigenvalue weighted by molar-refractivity contribution is 5.98. The Balaban J connectivity index is 1.53. The van der Waals surface area contributed by atoms with E-state index in [1.54, 1.807) is 29.2 Å². The number of hydrogen-bond donors (Lipinski definition) is 2. The zero-order valence-corrected chi connectivity index (χ0v) is 17.1. The predicted octanol–water partition coefficient (Wildman–Crippen LogP) is 2.18. The monoisotopic (exact) mass is 422 g/mol. The number of primary amides is 1. The second-order valence-corrected chi connectivity index (χ2v) is 7.64. The Hall–Kier alpha value is -3.71. The van der Waals surface area contributed by atoms with Crippen molar-refractivity contribution in [2.45, 2.75) is 19.0 Å². The smallest absolute Gasteiger partial charge is 0.254 e. The van der Waals surface area contributed by atoms with E-state index in [-0.39, 0.29) is 29.2 Å². The third kappa shape index (κ3) is 4.41. The van der Waals surface area contributed by atoms with Crippen molar-refractivity contribution >= 4 is 17.4 Å². The third-order valence-electron chi connectivity index (χ3n) is 5.58. The molecule has 1 amide bonds. The zero-order valence-electron chi connectivity index (χ0n) is 17.1. The minimum atomic E-state index is -0.627. The molecule has 0 aliphatic carbocycles. The standard InChI is InChI=1S/C21H23FN8O/c1-28-17(6-8-25-28)12-29-9-7-19(14(10-23)11-29)30-13-18(20(24)31)21(27-30)26-16-4-2-15(22)3-5-16/h2-6,8,13-14,19H,7,9,11-12H2,1H3,(H2,24,31)(H,26,27)/t14-,19+/m0/s1. The zero-order chi connectivity index (χ0) is 22.0. The molecule has 4 rings (SSSR count). The molecule has 1 aliphatic heterocycles. The highest BCUT2D eigenvalue weighted by Crippen LogP contribution is 2.30. The maximum Gasteiger partial charge on any atom is 0.254 e. The summed E-state index contributed by atoms with van der Waals surface area (Å²) in [5.41, 5.74) is 7.42. The van der Waals surface area contributed by atoms with Crippen molar-refractivity contribution < 1.29 is 9.18 Å². The SMILES string of the molecule is Cn1nccc1CN1CC[C@@H](n2cc(C(N)=O)c(Nc3ccc(F)cc3)n2)[C@@H](C#N)C1. The molecule has 1 aromatic carbocycles. The summed E-state index contributed by atoms with van der Waals surface area (Å²) in [6.07, 6.45) is 4.04. The molecule has 160 valence electrons. The predicted molar refractivity (Wildman–Crippen MR) is 112 cm³/mol. The molecule has 0 radical (unpaired) electrons. The summed E-state index contributed by atoms with van der Waals surface area (Å²) in [7, 11) is 1.90. The van der Waals surface area contributed by atoms with Gasteiger partial charge in [-0.2, -0.15) is 15.5 Å². The Morgan fingerprint density at radius 3 is 2.77 bits per heavy atom. The number of carbonyl (C=O) groups excluding carboxylic acids is 1. The Bertz CT molecular complexity index is 1110. The fourth-order valence-corrected chi connectivity index (χ4v) is 3.88. The third-order valence-corrected chi connectivity index (χ3v) is 5.58. The van der Waals surface area contributed by atoms with Gasteiger partial charge in [-0.05, 0) is 36.8 Å². The van der Waals surface area contributed by atoms with Gasteiger partial charge in [-0.25, -0.2) is 4.39 Å². The molecule has 1 fully saturated rings. The number of anilines is 2.